The van der Waals surface area contributed by atoms with Crippen molar-refractivity contribution in [1.29, 1.82) is 0 Å². The number of rotatable bonds is 6. The fraction of sp³-hybridized carbons (Fsp3) is 0.769. The van der Waals surface area contributed by atoms with E-state index in [1.165, 1.54) is 0 Å². The number of amides is 4. The molecular formula is C39H68ClN7O8. The number of anilines is 2. The molecule has 4 atom stereocenters. The zero-order valence-corrected chi connectivity index (χ0v) is 36.6. The van der Waals surface area contributed by atoms with Crippen LogP contribution in [0.25, 0.3) is 0 Å². The molecule has 4 amide bonds. The minimum absolute atomic E-state index is 0.344. The van der Waals surface area contributed by atoms with E-state index in [2.05, 4.69) is 21.3 Å². The van der Waals surface area contributed by atoms with Crippen LogP contribution in [0.1, 0.15) is 122 Å². The van der Waals surface area contributed by atoms with E-state index in [0.29, 0.717) is 67.7 Å². The van der Waals surface area contributed by atoms with Gasteiger partial charge in [0.05, 0.1) is 28.5 Å². The molecule has 0 aromatic carbocycles. The molecule has 314 valence electrons. The molecule has 0 aliphatic carbocycles. The number of aryl methyl sites for hydroxylation is 1. The van der Waals surface area contributed by atoms with Crippen molar-refractivity contribution in [1.82, 2.24) is 26.3 Å². The van der Waals surface area contributed by atoms with Crippen molar-refractivity contribution in [3.8, 4) is 0 Å². The first kappa shape index (κ1) is 47.3. The third kappa shape index (κ3) is 17.6. The largest absolute Gasteiger partial charge is 0.444 e. The molecular weight excluding hydrogens is 730 g/mol. The zero-order valence-electron chi connectivity index (χ0n) is 35.8. The number of alkyl carbamates (subject to hydrolysis) is 4. The smallest absolute Gasteiger partial charge is 0.407 e. The Kier molecular flexibility index (Phi) is 16.6. The fourth-order valence-corrected chi connectivity index (χ4v) is 6.25. The first-order chi connectivity index (χ1) is 25.1. The minimum atomic E-state index is -0.699. The third-order valence-electron chi connectivity index (χ3n) is 7.83. The predicted octanol–water partition coefficient (Wildman–Crippen LogP) is 7.45. The van der Waals surface area contributed by atoms with Crippen LogP contribution < -0.4 is 31.1 Å². The number of pyridine rings is 1. The molecule has 0 saturated carbocycles. The van der Waals surface area contributed by atoms with Crippen LogP contribution in [0.5, 0.6) is 0 Å². The zero-order chi connectivity index (χ0) is 42.1. The summed E-state index contributed by atoms with van der Waals surface area (Å²) in [7, 11) is 0. The van der Waals surface area contributed by atoms with Crippen molar-refractivity contribution in [2.45, 2.75) is 170 Å². The highest BCUT2D eigenvalue weighted by atomic mass is 35.5. The summed E-state index contributed by atoms with van der Waals surface area (Å²) in [5.74, 6) is 0.561. The average Bonchev–Trinajstić information content (AvgIpc) is 3.16. The Bertz CT molecular complexity index is 1390. The molecule has 0 bridgehead atoms. The molecule has 15 nitrogen and oxygen atoms in total. The summed E-state index contributed by atoms with van der Waals surface area (Å²) in [6.45, 7) is 28.8. The van der Waals surface area contributed by atoms with Gasteiger partial charge >= 0.3 is 24.4 Å². The molecule has 0 radical (unpaired) electrons. The van der Waals surface area contributed by atoms with E-state index in [1.807, 2.05) is 29.7 Å². The Hall–Kier alpha value is -3.88. The van der Waals surface area contributed by atoms with Crippen molar-refractivity contribution in [2.75, 3.05) is 36.0 Å². The molecule has 2 saturated heterocycles. The van der Waals surface area contributed by atoms with Gasteiger partial charge in [-0.2, -0.15) is 0 Å². The van der Waals surface area contributed by atoms with Crippen LogP contribution in [0.3, 0.4) is 0 Å². The SMILES string of the molecule is CC.Cc1nc(N2CC(NC(=O)OC(C)(C)C)CC(NC(=O)OC(C)(C)C)C2)cc(N2CC(NC(=O)OC(C)(C)C)CCC(NC(=O)OC(C)(C)C)C2)c1Cl. The summed E-state index contributed by atoms with van der Waals surface area (Å²) < 4.78 is 22.2. The number of hydrogen-bond acceptors (Lipinski definition) is 11. The topological polar surface area (TPSA) is 173 Å². The summed E-state index contributed by atoms with van der Waals surface area (Å²) in [4.78, 5) is 60.3. The van der Waals surface area contributed by atoms with Gasteiger partial charge in [-0.1, -0.05) is 25.4 Å². The van der Waals surface area contributed by atoms with Crippen LogP contribution >= 0.6 is 11.6 Å². The number of nitrogens with one attached hydrogen (secondary N) is 4. The van der Waals surface area contributed by atoms with Crippen LogP contribution in [-0.2, 0) is 18.9 Å². The van der Waals surface area contributed by atoms with Crippen LogP contribution in [0.4, 0.5) is 30.7 Å². The lowest BCUT2D eigenvalue weighted by atomic mass is 10.0. The minimum Gasteiger partial charge on any atom is -0.444 e. The Morgan fingerprint density at radius 2 is 0.909 bits per heavy atom. The summed E-state index contributed by atoms with van der Waals surface area (Å²) in [6.07, 6.45) is -0.704. The monoisotopic (exact) mass is 797 g/mol. The number of piperidine rings is 1. The molecule has 2 fully saturated rings. The maximum atomic E-state index is 12.9. The maximum absolute atomic E-state index is 12.9. The number of hydrogen-bond donors (Lipinski definition) is 4. The standard InChI is InChI=1S/C37H62ClN7O8.C2H6/c1-22-29(38)27(44-18-23(40-30(46)50-34(2,3)4)14-15-24(19-44)41-31(47)51-35(5,6)7)17-28(39-22)45-20-25(42-32(48)52-36(8,9)10)16-26(21-45)43-33(49)53-37(11,12)13;1-2/h17,23-26H,14-16,18-21H2,1-13H3,(H,40,46)(H,41,47)(H,42,48)(H,43,49);1-2H3. The Morgan fingerprint density at radius 3 is 1.24 bits per heavy atom. The predicted molar refractivity (Wildman–Crippen MR) is 216 cm³/mol. The van der Waals surface area contributed by atoms with Gasteiger partial charge in [0.15, 0.2) is 0 Å². The highest BCUT2D eigenvalue weighted by molar-refractivity contribution is 6.34. The molecule has 2 aliphatic rings. The summed E-state index contributed by atoms with van der Waals surface area (Å²) in [6, 6.07) is 0.340. The van der Waals surface area contributed by atoms with Crippen LogP contribution in [0.15, 0.2) is 6.07 Å². The molecule has 0 spiro atoms. The van der Waals surface area contributed by atoms with Crippen molar-refractivity contribution >= 4 is 47.5 Å². The first-order valence-corrected chi connectivity index (χ1v) is 19.7. The van der Waals surface area contributed by atoms with Gasteiger partial charge in [0.2, 0.25) is 0 Å². The lowest BCUT2D eigenvalue weighted by Gasteiger charge is -2.40. The normalized spacial score (nSPS) is 20.8. The first-order valence-electron chi connectivity index (χ1n) is 19.3. The highest BCUT2D eigenvalue weighted by Crippen LogP contribution is 2.34. The second kappa shape index (κ2) is 19.3. The Labute approximate surface area is 333 Å². The van der Waals surface area contributed by atoms with Gasteiger partial charge in [0.1, 0.15) is 28.2 Å². The summed E-state index contributed by atoms with van der Waals surface area (Å²) >= 11 is 7.00. The van der Waals surface area contributed by atoms with E-state index in [9.17, 15) is 19.2 Å². The van der Waals surface area contributed by atoms with Gasteiger partial charge in [-0.3, -0.25) is 0 Å². The second-order valence-corrected chi connectivity index (χ2v) is 18.3. The van der Waals surface area contributed by atoms with Crippen molar-refractivity contribution in [3.63, 3.8) is 0 Å². The number of halogens is 1. The Balaban J connectivity index is 0.00000514. The van der Waals surface area contributed by atoms with Crippen LogP contribution in [-0.4, -0.2) is 102 Å². The molecule has 1 aromatic rings. The summed E-state index contributed by atoms with van der Waals surface area (Å²) in [5, 5.41) is 12.3. The van der Waals surface area contributed by atoms with Crippen molar-refractivity contribution in [3.05, 3.63) is 16.8 Å². The second-order valence-electron chi connectivity index (χ2n) is 17.9. The molecule has 4 unspecified atom stereocenters. The summed E-state index contributed by atoms with van der Waals surface area (Å²) in [5.41, 5.74) is -1.57. The molecule has 3 rings (SSSR count). The van der Waals surface area contributed by atoms with Crippen molar-refractivity contribution in [2.24, 2.45) is 0 Å². The molecule has 4 N–H and O–H groups in total. The van der Waals surface area contributed by atoms with Gasteiger partial charge in [-0.25, -0.2) is 24.2 Å². The van der Waals surface area contributed by atoms with Crippen LogP contribution in [0, 0.1) is 6.92 Å². The number of ether oxygens (including phenoxy) is 4. The van der Waals surface area contributed by atoms with E-state index in [4.69, 9.17) is 35.5 Å². The van der Waals surface area contributed by atoms with Crippen LogP contribution in [0.2, 0.25) is 5.02 Å². The molecule has 16 heteroatoms. The lowest BCUT2D eigenvalue weighted by molar-refractivity contribution is 0.0466. The van der Waals surface area contributed by atoms with E-state index in [-0.39, 0.29) is 12.1 Å². The van der Waals surface area contributed by atoms with Crippen molar-refractivity contribution < 1.29 is 38.1 Å². The fourth-order valence-electron chi connectivity index (χ4n) is 6.03. The average molecular weight is 798 g/mol. The maximum Gasteiger partial charge on any atom is 0.407 e. The van der Waals surface area contributed by atoms with E-state index >= 15 is 0 Å². The van der Waals surface area contributed by atoms with Gasteiger partial charge in [0, 0.05) is 44.3 Å². The molecule has 3 heterocycles. The quantitative estimate of drug-likeness (QED) is 0.211. The third-order valence-corrected chi connectivity index (χ3v) is 8.30. The Morgan fingerprint density at radius 1 is 0.600 bits per heavy atom. The molecule has 55 heavy (non-hydrogen) atoms. The number of nitrogens with zero attached hydrogens (tertiary/aromatic N) is 3. The van der Waals surface area contributed by atoms with Gasteiger partial charge in [0.25, 0.3) is 0 Å². The van der Waals surface area contributed by atoms with E-state index < -0.39 is 58.9 Å². The van der Waals surface area contributed by atoms with Gasteiger partial charge < -0.3 is 50.0 Å². The number of aromatic nitrogens is 1. The number of carbonyl (C=O) groups excluding carboxylic acids is 4. The van der Waals surface area contributed by atoms with E-state index in [0.717, 1.165) is 0 Å². The van der Waals surface area contributed by atoms with Gasteiger partial charge in [-0.15, -0.1) is 0 Å². The highest BCUT2D eigenvalue weighted by Gasteiger charge is 2.35. The van der Waals surface area contributed by atoms with E-state index in [1.54, 1.807) is 90.0 Å². The molecule has 1 aromatic heterocycles. The van der Waals surface area contributed by atoms with Gasteiger partial charge in [-0.05, 0) is 109 Å². The lowest BCUT2D eigenvalue weighted by Crippen LogP contribution is -2.58. The number of carbonyl (C=O) groups is 4. The molecule has 2 aliphatic heterocycles.